The molecule has 0 aromatic rings. The summed E-state index contributed by atoms with van der Waals surface area (Å²) in [5.41, 5.74) is -1.47. The number of carboxylic acids is 2. The van der Waals surface area contributed by atoms with Gasteiger partial charge in [-0.15, -0.1) is 0 Å². The van der Waals surface area contributed by atoms with Crippen LogP contribution >= 0.6 is 0 Å². The fourth-order valence-electron chi connectivity index (χ4n) is 2.95. The Bertz CT molecular complexity index is 410. The average molecular weight is 256 g/mol. The molecule has 2 saturated heterocycles. The van der Waals surface area contributed by atoms with Gasteiger partial charge in [0.25, 0.3) is 0 Å². The summed E-state index contributed by atoms with van der Waals surface area (Å²) in [6.45, 7) is 2.08. The predicted octanol–water partition coefficient (Wildman–Crippen LogP) is -0.431. The summed E-state index contributed by atoms with van der Waals surface area (Å²) in [4.78, 5) is 36.9. The number of hydrogen-bond donors (Lipinski definition) is 2. The van der Waals surface area contributed by atoms with E-state index in [2.05, 4.69) is 0 Å². The number of carboxylic acid groups (broad SMARTS) is 2. The van der Waals surface area contributed by atoms with Crippen molar-refractivity contribution in [1.82, 2.24) is 9.80 Å². The maximum absolute atomic E-state index is 11.6. The van der Waals surface area contributed by atoms with Crippen molar-refractivity contribution in [3.05, 3.63) is 0 Å². The highest BCUT2D eigenvalue weighted by Gasteiger charge is 2.59. The van der Waals surface area contributed by atoms with E-state index in [0.717, 1.165) is 0 Å². The highest BCUT2D eigenvalue weighted by molar-refractivity contribution is 5.87. The summed E-state index contributed by atoms with van der Waals surface area (Å²) in [6.07, 6.45) is 1.29. The minimum Gasteiger partial charge on any atom is -0.480 e. The van der Waals surface area contributed by atoms with Gasteiger partial charge < -0.3 is 15.1 Å². The maximum atomic E-state index is 11.6. The Balaban J connectivity index is 2.36. The van der Waals surface area contributed by atoms with Crippen molar-refractivity contribution < 1.29 is 24.6 Å². The van der Waals surface area contributed by atoms with Crippen LogP contribution in [0.3, 0.4) is 0 Å². The van der Waals surface area contributed by atoms with E-state index in [1.54, 1.807) is 0 Å². The molecule has 2 fully saturated rings. The fourth-order valence-corrected chi connectivity index (χ4v) is 2.95. The first kappa shape index (κ1) is 12.8. The van der Waals surface area contributed by atoms with Gasteiger partial charge in [0.1, 0.15) is 6.04 Å². The average Bonchev–Trinajstić information content (AvgIpc) is 2.60. The number of carbonyl (C=O) groups excluding carboxylic acids is 1. The third-order valence-corrected chi connectivity index (χ3v) is 3.86. The molecule has 2 heterocycles. The maximum Gasteiger partial charge on any atom is 0.345 e. The SMILES string of the molecule is CC(=O)N1CCC[C@@]1(C(=O)O)N1CCC1C(=O)O. The Labute approximate surface area is 104 Å². The van der Waals surface area contributed by atoms with Crippen molar-refractivity contribution >= 4 is 17.8 Å². The van der Waals surface area contributed by atoms with Crippen molar-refractivity contribution in [1.29, 1.82) is 0 Å². The van der Waals surface area contributed by atoms with E-state index in [9.17, 15) is 19.5 Å². The third-order valence-electron chi connectivity index (χ3n) is 3.86. The molecule has 1 unspecified atom stereocenters. The number of likely N-dealkylation sites (tertiary alicyclic amines) is 2. The van der Waals surface area contributed by atoms with Gasteiger partial charge in [0.05, 0.1) is 0 Å². The molecule has 2 rings (SSSR count). The van der Waals surface area contributed by atoms with Gasteiger partial charge >= 0.3 is 11.9 Å². The normalized spacial score (nSPS) is 32.1. The molecule has 1 amide bonds. The lowest BCUT2D eigenvalue weighted by atomic mass is 9.93. The highest BCUT2D eigenvalue weighted by atomic mass is 16.4. The second kappa shape index (κ2) is 4.24. The summed E-state index contributed by atoms with van der Waals surface area (Å²) >= 11 is 0. The van der Waals surface area contributed by atoms with Gasteiger partial charge in [0, 0.05) is 20.0 Å². The van der Waals surface area contributed by atoms with Crippen LogP contribution in [0, 0.1) is 0 Å². The van der Waals surface area contributed by atoms with Crippen LogP contribution in [0.4, 0.5) is 0 Å². The second-order valence-electron chi connectivity index (χ2n) is 4.73. The Kier molecular flexibility index (Phi) is 3.02. The van der Waals surface area contributed by atoms with E-state index in [-0.39, 0.29) is 12.3 Å². The van der Waals surface area contributed by atoms with Crippen LogP contribution in [0.2, 0.25) is 0 Å². The molecule has 0 saturated carbocycles. The van der Waals surface area contributed by atoms with Crippen molar-refractivity contribution in [2.75, 3.05) is 13.1 Å². The molecular formula is C11H16N2O5. The zero-order valence-corrected chi connectivity index (χ0v) is 10.1. The van der Waals surface area contributed by atoms with Gasteiger partial charge in [-0.05, 0) is 19.3 Å². The van der Waals surface area contributed by atoms with Gasteiger partial charge in [-0.2, -0.15) is 0 Å². The van der Waals surface area contributed by atoms with Gasteiger partial charge in [0.15, 0.2) is 5.66 Å². The molecule has 2 N–H and O–H groups in total. The van der Waals surface area contributed by atoms with E-state index in [1.165, 1.54) is 16.7 Å². The van der Waals surface area contributed by atoms with Crippen LogP contribution in [0.1, 0.15) is 26.2 Å². The Hall–Kier alpha value is -1.63. The summed E-state index contributed by atoms with van der Waals surface area (Å²) in [5.74, 6) is -2.50. The van der Waals surface area contributed by atoms with E-state index in [4.69, 9.17) is 5.11 Å². The molecule has 7 nitrogen and oxygen atoms in total. The lowest BCUT2D eigenvalue weighted by Crippen LogP contribution is -2.72. The van der Waals surface area contributed by atoms with Crippen molar-refractivity contribution in [3.8, 4) is 0 Å². The monoisotopic (exact) mass is 256 g/mol. The minimum atomic E-state index is -1.47. The van der Waals surface area contributed by atoms with Crippen LogP contribution < -0.4 is 0 Å². The van der Waals surface area contributed by atoms with Gasteiger partial charge in [-0.1, -0.05) is 0 Å². The smallest absolute Gasteiger partial charge is 0.345 e. The molecule has 0 aliphatic carbocycles. The van der Waals surface area contributed by atoms with Crippen LogP contribution in [0.15, 0.2) is 0 Å². The molecule has 0 aromatic heterocycles. The van der Waals surface area contributed by atoms with Crippen molar-refractivity contribution in [3.63, 3.8) is 0 Å². The lowest BCUT2D eigenvalue weighted by molar-refractivity contribution is -0.187. The van der Waals surface area contributed by atoms with E-state index in [0.29, 0.717) is 25.9 Å². The minimum absolute atomic E-state index is 0.283. The number of carbonyl (C=O) groups is 3. The van der Waals surface area contributed by atoms with E-state index < -0.39 is 23.6 Å². The fraction of sp³-hybridized carbons (Fsp3) is 0.727. The number of amides is 1. The Morgan fingerprint density at radius 3 is 2.28 bits per heavy atom. The van der Waals surface area contributed by atoms with Crippen LogP contribution in [0.25, 0.3) is 0 Å². The van der Waals surface area contributed by atoms with Crippen molar-refractivity contribution in [2.45, 2.75) is 37.9 Å². The Morgan fingerprint density at radius 1 is 1.22 bits per heavy atom. The largest absolute Gasteiger partial charge is 0.480 e. The molecule has 0 aromatic carbocycles. The molecule has 0 radical (unpaired) electrons. The Morgan fingerprint density at radius 2 is 1.89 bits per heavy atom. The standard InChI is InChI=1S/C11H16N2O5/c1-7(14)12-5-2-4-11(12,10(17)18)13-6-3-8(13)9(15)16/h8H,2-6H2,1H3,(H,15,16)(H,17,18)/t8?,11-/m0/s1. The first-order valence-electron chi connectivity index (χ1n) is 5.92. The van der Waals surface area contributed by atoms with Crippen LogP contribution in [-0.2, 0) is 14.4 Å². The van der Waals surface area contributed by atoms with E-state index >= 15 is 0 Å². The van der Waals surface area contributed by atoms with Crippen LogP contribution in [-0.4, -0.2) is 62.7 Å². The molecule has 0 bridgehead atoms. The molecule has 0 spiro atoms. The highest BCUT2D eigenvalue weighted by Crippen LogP contribution is 2.39. The van der Waals surface area contributed by atoms with Gasteiger partial charge in [-0.3, -0.25) is 14.5 Å². The predicted molar refractivity (Wildman–Crippen MR) is 59.7 cm³/mol. The second-order valence-corrected chi connectivity index (χ2v) is 4.73. The zero-order valence-electron chi connectivity index (χ0n) is 10.1. The summed E-state index contributed by atoms with van der Waals surface area (Å²) in [7, 11) is 0. The summed E-state index contributed by atoms with van der Waals surface area (Å²) < 4.78 is 0. The molecule has 2 atom stereocenters. The first-order chi connectivity index (χ1) is 8.41. The molecule has 7 heteroatoms. The number of nitrogens with zero attached hydrogens (tertiary/aromatic N) is 2. The van der Waals surface area contributed by atoms with Gasteiger partial charge in [0.2, 0.25) is 5.91 Å². The zero-order chi connectivity index (χ0) is 13.5. The van der Waals surface area contributed by atoms with Crippen molar-refractivity contribution in [2.24, 2.45) is 0 Å². The number of aliphatic carboxylic acids is 2. The molecule has 100 valence electrons. The number of hydrogen-bond acceptors (Lipinski definition) is 4. The molecular weight excluding hydrogens is 240 g/mol. The molecule has 2 aliphatic heterocycles. The first-order valence-corrected chi connectivity index (χ1v) is 5.92. The van der Waals surface area contributed by atoms with E-state index in [1.807, 2.05) is 0 Å². The summed E-state index contributed by atoms with van der Waals surface area (Å²) in [6, 6.07) is -0.805. The molecule has 18 heavy (non-hydrogen) atoms. The summed E-state index contributed by atoms with van der Waals surface area (Å²) in [5, 5.41) is 18.5. The topological polar surface area (TPSA) is 98.2 Å². The third kappa shape index (κ3) is 1.58. The lowest BCUT2D eigenvalue weighted by Gasteiger charge is -2.51. The number of rotatable bonds is 3. The van der Waals surface area contributed by atoms with Gasteiger partial charge in [-0.25, -0.2) is 4.79 Å². The molecule has 2 aliphatic rings. The quantitative estimate of drug-likeness (QED) is 0.711. The van der Waals surface area contributed by atoms with Crippen LogP contribution in [0.5, 0.6) is 0 Å².